The standard InChI is InChI=1S/C32H29N7.C29H31N7.C2H6/c1-21(22-9-4-2-5-10-22)35-25-15-23(18-33-20-25)24-16-27-31(37-38-32(27)34-19-24)29-17-26-28(36-29)11-8-12-30(26)39-13-6-3-7-14-39;1-2-11-36(12-3-1)27-8-6-7-25-23(27)15-26(32-25)28-24-14-22(18-31-29(24)34-33-28)21-13-20(16-30-17-21)19-35-9-4-5-10-35;1-2/h2,4-5,8-12,15-20,35-36H,1,3,6-7,13-14H2,(H,34,37,38);6-8,13-18,32H,1-5,9-12,19H2,(H,31,33,34);1-2H3. The molecule has 8 aromatic heterocycles. The molecular formula is C63H66N14. The average Bonchev–Trinajstić information content (AvgIpc) is 4.39. The van der Waals surface area contributed by atoms with Crippen LogP contribution in [0.3, 0.4) is 0 Å². The highest BCUT2D eigenvalue weighted by Crippen LogP contribution is 2.38. The Morgan fingerprint density at radius 2 is 1.01 bits per heavy atom. The van der Waals surface area contributed by atoms with Gasteiger partial charge in [-0.05, 0) is 136 Å². The number of hydrogen-bond donors (Lipinski definition) is 5. The summed E-state index contributed by atoms with van der Waals surface area (Å²) in [6.07, 6.45) is 21.6. The van der Waals surface area contributed by atoms with Crippen LogP contribution in [-0.4, -0.2) is 94.5 Å². The van der Waals surface area contributed by atoms with Crippen molar-refractivity contribution in [2.75, 3.05) is 54.4 Å². The van der Waals surface area contributed by atoms with Gasteiger partial charge in [-0.15, -0.1) is 0 Å². The fraction of sp³-hybridized carbons (Fsp3) is 0.270. The van der Waals surface area contributed by atoms with Gasteiger partial charge in [0, 0.05) is 136 Å². The van der Waals surface area contributed by atoms with Crippen LogP contribution in [0.25, 0.3) is 94.6 Å². The van der Waals surface area contributed by atoms with Gasteiger partial charge in [0.15, 0.2) is 11.3 Å². The zero-order valence-corrected chi connectivity index (χ0v) is 44.1. The van der Waals surface area contributed by atoms with E-state index < -0.39 is 0 Å². The normalized spacial score (nSPS) is 14.9. The fourth-order valence-corrected chi connectivity index (χ4v) is 11.4. The van der Waals surface area contributed by atoms with E-state index in [0.717, 1.165) is 122 Å². The second kappa shape index (κ2) is 22.3. The van der Waals surface area contributed by atoms with Gasteiger partial charge < -0.3 is 25.1 Å². The van der Waals surface area contributed by atoms with Gasteiger partial charge in [0.2, 0.25) is 0 Å². The second-order valence-electron chi connectivity index (χ2n) is 20.3. The number of aromatic nitrogens is 10. The lowest BCUT2D eigenvalue weighted by molar-refractivity contribution is 0.331. The molecule has 388 valence electrons. The van der Waals surface area contributed by atoms with E-state index >= 15 is 0 Å². The van der Waals surface area contributed by atoms with Gasteiger partial charge in [-0.2, -0.15) is 10.2 Å². The SMILES string of the molecule is C=C(Nc1cncc(-c2cnc3n[nH]c(-c4cc5c(N6CCCCC6)cccc5[nH]4)c3c2)c1)c1ccccc1.CC.c1cc(N2CCCCC2)c2cc(-c3[nH]nc4ncc(-c5cncc(CN6CCCC6)c5)cc34)[nH]c2c1. The third-order valence-electron chi connectivity index (χ3n) is 15.3. The van der Waals surface area contributed by atoms with Crippen LogP contribution in [0.1, 0.15) is 76.3 Å². The Balaban J connectivity index is 0.000000150. The van der Waals surface area contributed by atoms with E-state index in [1.807, 2.05) is 75.2 Å². The van der Waals surface area contributed by atoms with Gasteiger partial charge in [-0.25, -0.2) is 9.97 Å². The number of rotatable bonds is 11. The van der Waals surface area contributed by atoms with E-state index in [1.165, 1.54) is 92.2 Å². The number of benzene rings is 3. The number of piperidine rings is 2. The van der Waals surface area contributed by atoms with E-state index in [2.05, 4.69) is 150 Å². The summed E-state index contributed by atoms with van der Waals surface area (Å²) in [5, 5.41) is 23.3. The number of nitrogens with zero attached hydrogens (tertiary/aromatic N) is 9. The lowest BCUT2D eigenvalue weighted by Gasteiger charge is -2.29. The number of nitrogens with one attached hydrogen (secondary N) is 5. The average molecular weight is 1020 g/mol. The highest BCUT2D eigenvalue weighted by atomic mass is 15.2. The highest BCUT2D eigenvalue weighted by molar-refractivity contribution is 6.01. The van der Waals surface area contributed by atoms with Gasteiger partial charge in [0.05, 0.1) is 34.7 Å². The Morgan fingerprint density at radius 1 is 0.506 bits per heavy atom. The molecule has 3 aliphatic rings. The molecule has 0 saturated carbocycles. The van der Waals surface area contributed by atoms with Crippen LogP contribution in [0.15, 0.2) is 147 Å². The van der Waals surface area contributed by atoms with Crippen molar-refractivity contribution >= 4 is 66.6 Å². The van der Waals surface area contributed by atoms with Crippen molar-refractivity contribution in [1.82, 2.24) is 55.2 Å². The summed E-state index contributed by atoms with van der Waals surface area (Å²) in [5.41, 5.74) is 18.3. The van der Waals surface area contributed by atoms with E-state index in [4.69, 9.17) is 0 Å². The third-order valence-corrected chi connectivity index (χ3v) is 15.3. The molecule has 0 bridgehead atoms. The topological polar surface area (TPSA) is 162 Å². The maximum absolute atomic E-state index is 4.68. The zero-order valence-electron chi connectivity index (χ0n) is 44.1. The summed E-state index contributed by atoms with van der Waals surface area (Å²) in [4.78, 5) is 33.1. The van der Waals surface area contributed by atoms with Crippen LogP contribution in [0.5, 0.6) is 0 Å². The summed E-state index contributed by atoms with van der Waals surface area (Å²) in [7, 11) is 0. The Hall–Kier alpha value is -8.62. The highest BCUT2D eigenvalue weighted by Gasteiger charge is 2.21. The molecule has 77 heavy (non-hydrogen) atoms. The minimum Gasteiger partial charge on any atom is -0.371 e. The molecule has 3 aliphatic heterocycles. The van der Waals surface area contributed by atoms with Gasteiger partial charge in [0.25, 0.3) is 0 Å². The number of fused-ring (bicyclic) bond motifs is 4. The van der Waals surface area contributed by atoms with Crippen LogP contribution in [0.2, 0.25) is 0 Å². The largest absolute Gasteiger partial charge is 0.371 e. The number of anilines is 3. The maximum Gasteiger partial charge on any atom is 0.181 e. The maximum atomic E-state index is 4.68. The Labute approximate surface area is 449 Å². The molecule has 3 fully saturated rings. The molecule has 3 saturated heterocycles. The summed E-state index contributed by atoms with van der Waals surface area (Å²) >= 11 is 0. The van der Waals surface area contributed by atoms with Crippen molar-refractivity contribution < 1.29 is 0 Å². The predicted molar refractivity (Wildman–Crippen MR) is 316 cm³/mol. The molecule has 0 amide bonds. The van der Waals surface area contributed by atoms with Crippen molar-refractivity contribution in [3.05, 3.63) is 158 Å². The molecule has 14 nitrogen and oxygen atoms in total. The van der Waals surface area contributed by atoms with Crippen molar-refractivity contribution in [2.24, 2.45) is 0 Å². The molecule has 3 aromatic carbocycles. The van der Waals surface area contributed by atoms with Crippen LogP contribution in [0.4, 0.5) is 17.1 Å². The number of hydrogen-bond acceptors (Lipinski definition) is 10. The van der Waals surface area contributed by atoms with Crippen LogP contribution >= 0.6 is 0 Å². The van der Waals surface area contributed by atoms with Crippen molar-refractivity contribution in [2.45, 2.75) is 71.8 Å². The molecule has 0 radical (unpaired) electrons. The van der Waals surface area contributed by atoms with Crippen LogP contribution < -0.4 is 15.1 Å². The van der Waals surface area contributed by atoms with Crippen LogP contribution in [-0.2, 0) is 6.54 Å². The molecule has 11 heterocycles. The van der Waals surface area contributed by atoms with Gasteiger partial charge in [-0.1, -0.05) is 62.9 Å². The van der Waals surface area contributed by atoms with Gasteiger partial charge in [0.1, 0.15) is 0 Å². The summed E-state index contributed by atoms with van der Waals surface area (Å²) < 4.78 is 0. The van der Waals surface area contributed by atoms with Crippen molar-refractivity contribution in [1.29, 1.82) is 0 Å². The molecule has 11 aromatic rings. The first kappa shape index (κ1) is 49.3. The summed E-state index contributed by atoms with van der Waals surface area (Å²) in [5.74, 6) is 0. The molecule has 0 aliphatic carbocycles. The molecular weight excluding hydrogens is 953 g/mol. The monoisotopic (exact) mass is 1020 g/mol. The van der Waals surface area contributed by atoms with Gasteiger partial charge >= 0.3 is 0 Å². The number of likely N-dealkylation sites (tertiary alicyclic amines) is 1. The Morgan fingerprint density at radius 3 is 1.57 bits per heavy atom. The van der Waals surface area contributed by atoms with E-state index in [9.17, 15) is 0 Å². The Bertz CT molecular complexity index is 3810. The number of aromatic amines is 4. The molecule has 5 N–H and O–H groups in total. The molecule has 0 atom stereocenters. The first-order chi connectivity index (χ1) is 38.0. The van der Waals surface area contributed by atoms with Gasteiger partial charge in [-0.3, -0.25) is 25.1 Å². The zero-order chi connectivity index (χ0) is 52.1. The quantitative estimate of drug-likeness (QED) is 0.0843. The van der Waals surface area contributed by atoms with Crippen LogP contribution in [0, 0.1) is 0 Å². The fourth-order valence-electron chi connectivity index (χ4n) is 11.4. The predicted octanol–water partition coefficient (Wildman–Crippen LogP) is 14.0. The lowest BCUT2D eigenvalue weighted by atomic mass is 10.1. The first-order valence-electron chi connectivity index (χ1n) is 27.6. The van der Waals surface area contributed by atoms with E-state index in [1.54, 1.807) is 6.20 Å². The molecule has 0 spiro atoms. The third kappa shape index (κ3) is 10.4. The molecule has 14 rings (SSSR count). The first-order valence-corrected chi connectivity index (χ1v) is 27.6. The van der Waals surface area contributed by atoms with Crippen molar-refractivity contribution in [3.8, 4) is 45.0 Å². The van der Waals surface area contributed by atoms with E-state index in [0.29, 0.717) is 5.65 Å². The minimum absolute atomic E-state index is 0.684. The number of H-pyrrole nitrogens is 4. The summed E-state index contributed by atoms with van der Waals surface area (Å²) in [6, 6.07) is 36.3. The molecule has 14 heteroatoms. The van der Waals surface area contributed by atoms with Crippen molar-refractivity contribution in [3.63, 3.8) is 0 Å². The smallest absolute Gasteiger partial charge is 0.181 e. The second-order valence-corrected chi connectivity index (χ2v) is 20.3. The molecule has 0 unspecified atom stereocenters. The summed E-state index contributed by atoms with van der Waals surface area (Å²) in [6.45, 7) is 16.0. The minimum atomic E-state index is 0.684. The lowest BCUT2D eigenvalue weighted by Crippen LogP contribution is -2.29. The Kier molecular flexibility index (Phi) is 14.3. The van der Waals surface area contributed by atoms with E-state index in [-0.39, 0.29) is 0 Å². The number of pyridine rings is 4.